The molecule has 9 heteroatoms. The standard InChI is InChI=1S/C6H4F6O3/c1-2(13)3(5(7,8)9)4(14)15-6(10,11)12/h3H,1H3. The van der Waals surface area contributed by atoms with E-state index in [1.165, 1.54) is 0 Å². The Balaban J connectivity index is 4.82. The molecule has 0 aromatic heterocycles. The number of esters is 1. The molecule has 1 unspecified atom stereocenters. The Labute approximate surface area is 79.0 Å². The van der Waals surface area contributed by atoms with E-state index in [1.54, 1.807) is 0 Å². The lowest BCUT2D eigenvalue weighted by Gasteiger charge is -2.16. The van der Waals surface area contributed by atoms with Gasteiger partial charge >= 0.3 is 18.5 Å². The van der Waals surface area contributed by atoms with Gasteiger partial charge in [0.2, 0.25) is 5.92 Å². The van der Waals surface area contributed by atoms with Crippen LogP contribution in [-0.4, -0.2) is 24.3 Å². The topological polar surface area (TPSA) is 43.4 Å². The number of hydrogen-bond acceptors (Lipinski definition) is 3. The minimum atomic E-state index is -5.55. The summed E-state index contributed by atoms with van der Waals surface area (Å²) < 4.78 is 72.4. The summed E-state index contributed by atoms with van der Waals surface area (Å²) in [5.41, 5.74) is 0. The van der Waals surface area contributed by atoms with E-state index in [0.29, 0.717) is 6.92 Å². The molecule has 0 aromatic carbocycles. The van der Waals surface area contributed by atoms with Gasteiger partial charge in [0.15, 0.2) is 5.78 Å². The van der Waals surface area contributed by atoms with Gasteiger partial charge in [-0.05, 0) is 6.92 Å². The largest absolute Gasteiger partial charge is 0.575 e. The Morgan fingerprint density at radius 2 is 1.47 bits per heavy atom. The van der Waals surface area contributed by atoms with Gasteiger partial charge in [0.05, 0.1) is 0 Å². The highest BCUT2D eigenvalue weighted by Gasteiger charge is 2.52. The minimum absolute atomic E-state index is 0.343. The summed E-state index contributed by atoms with van der Waals surface area (Å²) in [6.07, 6.45) is -10.9. The predicted molar refractivity (Wildman–Crippen MR) is 32.4 cm³/mol. The van der Waals surface area contributed by atoms with Crippen LogP contribution in [0.1, 0.15) is 6.92 Å². The Morgan fingerprint density at radius 1 is 1.07 bits per heavy atom. The minimum Gasteiger partial charge on any atom is -0.372 e. The van der Waals surface area contributed by atoms with E-state index < -0.39 is 30.2 Å². The Hall–Kier alpha value is -1.28. The SMILES string of the molecule is CC(=O)C(C(=O)OC(F)(F)F)C(F)(F)F. The van der Waals surface area contributed by atoms with Gasteiger partial charge in [0.25, 0.3) is 0 Å². The molecular weight excluding hydrogens is 234 g/mol. The Bertz CT molecular complexity index is 265. The van der Waals surface area contributed by atoms with Gasteiger partial charge in [0, 0.05) is 0 Å². The summed E-state index contributed by atoms with van der Waals surface area (Å²) in [4.78, 5) is 20.7. The van der Waals surface area contributed by atoms with Crippen LogP contribution in [0.15, 0.2) is 0 Å². The molecule has 15 heavy (non-hydrogen) atoms. The number of ether oxygens (including phenoxy) is 1. The smallest absolute Gasteiger partial charge is 0.372 e. The fourth-order valence-electron chi connectivity index (χ4n) is 0.703. The molecule has 0 radical (unpaired) electrons. The lowest BCUT2D eigenvalue weighted by Crippen LogP contribution is -2.39. The van der Waals surface area contributed by atoms with Gasteiger partial charge in [-0.1, -0.05) is 0 Å². The zero-order valence-electron chi connectivity index (χ0n) is 7.07. The van der Waals surface area contributed by atoms with Crippen LogP contribution in [0.5, 0.6) is 0 Å². The van der Waals surface area contributed by atoms with Crippen LogP contribution in [-0.2, 0) is 14.3 Å². The normalized spacial score (nSPS) is 14.6. The summed E-state index contributed by atoms with van der Waals surface area (Å²) in [5.74, 6) is -7.85. The second kappa shape index (κ2) is 4.07. The van der Waals surface area contributed by atoms with Crippen molar-refractivity contribution in [2.75, 3.05) is 0 Å². The number of halogens is 6. The average Bonchev–Trinajstić information content (AvgIpc) is 1.74. The van der Waals surface area contributed by atoms with E-state index >= 15 is 0 Å². The quantitative estimate of drug-likeness (QED) is 0.418. The first-order chi connectivity index (χ1) is 6.45. The molecule has 0 N–H and O–H groups in total. The van der Waals surface area contributed by atoms with Crippen molar-refractivity contribution in [1.82, 2.24) is 0 Å². The van der Waals surface area contributed by atoms with Crippen LogP contribution in [0, 0.1) is 5.92 Å². The highest BCUT2D eigenvalue weighted by Crippen LogP contribution is 2.30. The maximum atomic E-state index is 11.9. The third-order valence-corrected chi connectivity index (χ3v) is 1.19. The molecule has 0 amide bonds. The number of Topliss-reactive ketones (excluding diaryl/α,β-unsaturated/α-hetero) is 1. The Kier molecular flexibility index (Phi) is 3.72. The molecule has 0 saturated carbocycles. The molecule has 3 nitrogen and oxygen atoms in total. The fourth-order valence-corrected chi connectivity index (χ4v) is 0.703. The van der Waals surface area contributed by atoms with Crippen LogP contribution < -0.4 is 0 Å². The van der Waals surface area contributed by atoms with E-state index in [-0.39, 0.29) is 0 Å². The first kappa shape index (κ1) is 13.7. The molecule has 0 aliphatic carbocycles. The van der Waals surface area contributed by atoms with Crippen molar-refractivity contribution < 1.29 is 40.7 Å². The molecule has 1 atom stereocenters. The van der Waals surface area contributed by atoms with Gasteiger partial charge in [-0.15, -0.1) is 13.2 Å². The molecule has 0 aromatic rings. The molecule has 88 valence electrons. The molecule has 0 saturated heterocycles. The van der Waals surface area contributed by atoms with Crippen molar-refractivity contribution in [1.29, 1.82) is 0 Å². The molecule has 0 aliphatic heterocycles. The van der Waals surface area contributed by atoms with Crippen molar-refractivity contribution in [3.05, 3.63) is 0 Å². The van der Waals surface area contributed by atoms with E-state index in [1.807, 2.05) is 0 Å². The van der Waals surface area contributed by atoms with Crippen LogP contribution in [0.2, 0.25) is 0 Å². The number of rotatable bonds is 2. The number of alkyl halides is 6. The van der Waals surface area contributed by atoms with Crippen LogP contribution in [0.4, 0.5) is 26.3 Å². The molecule has 0 aliphatic rings. The fraction of sp³-hybridized carbons (Fsp3) is 0.667. The van der Waals surface area contributed by atoms with Gasteiger partial charge in [-0.25, -0.2) is 0 Å². The highest BCUT2D eigenvalue weighted by molar-refractivity contribution is 5.98. The summed E-state index contributed by atoms with van der Waals surface area (Å²) in [7, 11) is 0. The lowest BCUT2D eigenvalue weighted by molar-refractivity contribution is -0.312. The Morgan fingerprint density at radius 3 is 1.67 bits per heavy atom. The monoisotopic (exact) mass is 238 g/mol. The lowest BCUT2D eigenvalue weighted by atomic mass is 10.1. The first-order valence-electron chi connectivity index (χ1n) is 3.32. The molecule has 0 spiro atoms. The zero-order chi connectivity index (χ0) is 12.4. The summed E-state index contributed by atoms with van der Waals surface area (Å²) in [5, 5.41) is 0. The second-order valence-corrected chi connectivity index (χ2v) is 2.45. The van der Waals surface area contributed by atoms with E-state index in [0.717, 1.165) is 0 Å². The van der Waals surface area contributed by atoms with Gasteiger partial charge < -0.3 is 4.74 Å². The summed E-state index contributed by atoms with van der Waals surface area (Å²) in [6.45, 7) is 0.343. The third kappa shape index (κ3) is 4.66. The van der Waals surface area contributed by atoms with Crippen LogP contribution in [0.3, 0.4) is 0 Å². The maximum absolute atomic E-state index is 11.9. The molecule has 0 bridgehead atoms. The van der Waals surface area contributed by atoms with Gasteiger partial charge in [-0.3, -0.25) is 9.59 Å². The number of carbonyl (C=O) groups is 2. The molecule has 0 fully saturated rings. The molecule has 0 rings (SSSR count). The first-order valence-corrected chi connectivity index (χ1v) is 3.32. The number of carbonyl (C=O) groups excluding carboxylic acids is 2. The maximum Gasteiger partial charge on any atom is 0.575 e. The highest BCUT2D eigenvalue weighted by atomic mass is 19.4. The van der Waals surface area contributed by atoms with Crippen molar-refractivity contribution in [3.8, 4) is 0 Å². The molecule has 0 heterocycles. The average molecular weight is 238 g/mol. The van der Waals surface area contributed by atoms with Gasteiger partial charge in [-0.2, -0.15) is 13.2 Å². The van der Waals surface area contributed by atoms with Crippen molar-refractivity contribution >= 4 is 11.8 Å². The van der Waals surface area contributed by atoms with Crippen LogP contribution in [0.25, 0.3) is 0 Å². The van der Waals surface area contributed by atoms with Gasteiger partial charge in [0.1, 0.15) is 0 Å². The van der Waals surface area contributed by atoms with E-state index in [2.05, 4.69) is 4.74 Å². The van der Waals surface area contributed by atoms with Crippen molar-refractivity contribution in [3.63, 3.8) is 0 Å². The number of hydrogen-bond donors (Lipinski definition) is 0. The third-order valence-electron chi connectivity index (χ3n) is 1.19. The molecular formula is C6H4F6O3. The predicted octanol–water partition coefficient (Wildman–Crippen LogP) is 1.82. The second-order valence-electron chi connectivity index (χ2n) is 2.45. The van der Waals surface area contributed by atoms with Crippen molar-refractivity contribution in [2.45, 2.75) is 19.5 Å². The summed E-state index contributed by atoms with van der Waals surface area (Å²) >= 11 is 0. The number of ketones is 1. The van der Waals surface area contributed by atoms with E-state index in [4.69, 9.17) is 0 Å². The zero-order valence-corrected chi connectivity index (χ0v) is 7.07. The van der Waals surface area contributed by atoms with Crippen LogP contribution >= 0.6 is 0 Å². The van der Waals surface area contributed by atoms with E-state index in [9.17, 15) is 35.9 Å². The van der Waals surface area contributed by atoms with Crippen molar-refractivity contribution in [2.24, 2.45) is 5.92 Å². The summed E-state index contributed by atoms with van der Waals surface area (Å²) in [6, 6.07) is 0.